The summed E-state index contributed by atoms with van der Waals surface area (Å²) in [6.45, 7) is 4.52. The van der Waals surface area contributed by atoms with Crippen molar-refractivity contribution < 1.29 is 0 Å². The molecule has 0 radical (unpaired) electrons. The highest BCUT2D eigenvalue weighted by atomic mass is 15.3. The molecule has 0 amide bonds. The molecule has 4 nitrogen and oxygen atoms in total. The van der Waals surface area contributed by atoms with Crippen LogP contribution in [0.25, 0.3) is 11.3 Å². The van der Waals surface area contributed by atoms with Gasteiger partial charge in [-0.1, -0.05) is 30.3 Å². The highest BCUT2D eigenvalue weighted by molar-refractivity contribution is 5.59. The number of anilines is 1. The van der Waals surface area contributed by atoms with Gasteiger partial charge in [0.15, 0.2) is 5.82 Å². The van der Waals surface area contributed by atoms with Crippen LogP contribution in [0.3, 0.4) is 0 Å². The smallest absolute Gasteiger partial charge is 0.151 e. The van der Waals surface area contributed by atoms with E-state index in [4.69, 9.17) is 0 Å². The second-order valence-electron chi connectivity index (χ2n) is 5.73. The van der Waals surface area contributed by atoms with Crippen molar-refractivity contribution >= 4 is 5.82 Å². The van der Waals surface area contributed by atoms with Gasteiger partial charge in [-0.15, -0.1) is 10.2 Å². The third-order valence-corrected chi connectivity index (χ3v) is 4.43. The third kappa shape index (κ3) is 2.06. The van der Waals surface area contributed by atoms with Crippen LogP contribution in [-0.4, -0.2) is 36.4 Å². The quantitative estimate of drug-likeness (QED) is 0.900. The normalized spacial score (nSPS) is 24.9. The largest absolute Gasteiger partial charge is 0.354 e. The molecule has 2 fully saturated rings. The first-order valence-electron chi connectivity index (χ1n) is 7.25. The number of nitrogens with one attached hydrogen (secondary N) is 1. The first kappa shape index (κ1) is 11.9. The van der Waals surface area contributed by atoms with E-state index < -0.39 is 0 Å². The number of benzene rings is 1. The Hall–Kier alpha value is -1.94. The highest BCUT2D eigenvalue weighted by Crippen LogP contribution is 2.29. The molecule has 2 aliphatic heterocycles. The average Bonchev–Trinajstić information content (AvgIpc) is 3.10. The Morgan fingerprint density at radius 2 is 1.65 bits per heavy atom. The zero-order valence-corrected chi connectivity index (χ0v) is 11.4. The fraction of sp³-hybridized carbons (Fsp3) is 0.375. The molecule has 0 aliphatic carbocycles. The van der Waals surface area contributed by atoms with Crippen molar-refractivity contribution in [1.29, 1.82) is 0 Å². The lowest BCUT2D eigenvalue weighted by molar-refractivity contribution is 0.533. The van der Waals surface area contributed by atoms with Gasteiger partial charge in [0.25, 0.3) is 0 Å². The van der Waals surface area contributed by atoms with Crippen LogP contribution in [0.1, 0.15) is 0 Å². The summed E-state index contributed by atoms with van der Waals surface area (Å²) in [5.74, 6) is 2.58. The predicted octanol–water partition coefficient (Wildman–Crippen LogP) is 1.80. The molecule has 1 aromatic carbocycles. The van der Waals surface area contributed by atoms with Gasteiger partial charge in [-0.3, -0.25) is 0 Å². The monoisotopic (exact) mass is 266 g/mol. The molecule has 1 N–H and O–H groups in total. The van der Waals surface area contributed by atoms with Gasteiger partial charge in [0.1, 0.15) is 0 Å². The predicted molar refractivity (Wildman–Crippen MR) is 79.5 cm³/mol. The van der Waals surface area contributed by atoms with Crippen LogP contribution in [0.15, 0.2) is 42.5 Å². The van der Waals surface area contributed by atoms with Crippen LogP contribution >= 0.6 is 0 Å². The van der Waals surface area contributed by atoms with Gasteiger partial charge in [-0.05, 0) is 24.0 Å². The van der Waals surface area contributed by atoms with E-state index in [9.17, 15) is 0 Å². The van der Waals surface area contributed by atoms with Gasteiger partial charge in [-0.2, -0.15) is 0 Å². The van der Waals surface area contributed by atoms with Gasteiger partial charge in [-0.25, -0.2) is 0 Å². The van der Waals surface area contributed by atoms with Crippen molar-refractivity contribution in [3.8, 4) is 11.3 Å². The van der Waals surface area contributed by atoms with Crippen molar-refractivity contribution in [2.24, 2.45) is 11.8 Å². The second kappa shape index (κ2) is 4.87. The second-order valence-corrected chi connectivity index (χ2v) is 5.73. The molecule has 0 spiro atoms. The molecule has 4 rings (SSSR count). The molecule has 0 saturated carbocycles. The van der Waals surface area contributed by atoms with Crippen LogP contribution in [0.4, 0.5) is 5.82 Å². The summed E-state index contributed by atoms with van der Waals surface area (Å²) >= 11 is 0. The van der Waals surface area contributed by atoms with E-state index in [-0.39, 0.29) is 0 Å². The average molecular weight is 266 g/mol. The van der Waals surface area contributed by atoms with E-state index in [1.54, 1.807) is 0 Å². The molecule has 1 aromatic heterocycles. The van der Waals surface area contributed by atoms with Crippen LogP contribution < -0.4 is 10.2 Å². The lowest BCUT2D eigenvalue weighted by atomic mass is 10.0. The molecule has 2 aromatic rings. The topological polar surface area (TPSA) is 41.0 Å². The molecule has 4 heteroatoms. The molecule has 2 atom stereocenters. The fourth-order valence-corrected chi connectivity index (χ4v) is 3.30. The zero-order chi connectivity index (χ0) is 13.4. The van der Waals surface area contributed by atoms with Crippen molar-refractivity contribution in [2.75, 3.05) is 31.1 Å². The molecule has 102 valence electrons. The maximum Gasteiger partial charge on any atom is 0.151 e. The first-order chi connectivity index (χ1) is 9.90. The maximum atomic E-state index is 4.42. The van der Waals surface area contributed by atoms with Gasteiger partial charge in [0.2, 0.25) is 0 Å². The van der Waals surface area contributed by atoms with E-state index in [1.807, 2.05) is 18.2 Å². The summed E-state index contributed by atoms with van der Waals surface area (Å²) in [5.41, 5.74) is 2.06. The Morgan fingerprint density at radius 1 is 0.900 bits per heavy atom. The molecule has 0 bridgehead atoms. The Bertz CT molecular complexity index is 569. The Balaban J connectivity index is 1.53. The van der Waals surface area contributed by atoms with Gasteiger partial charge >= 0.3 is 0 Å². The number of fused-ring (bicyclic) bond motifs is 1. The lowest BCUT2D eigenvalue weighted by Gasteiger charge is -2.17. The van der Waals surface area contributed by atoms with Gasteiger partial charge < -0.3 is 10.2 Å². The van der Waals surface area contributed by atoms with E-state index in [0.717, 1.165) is 55.1 Å². The minimum atomic E-state index is 0.783. The van der Waals surface area contributed by atoms with Crippen molar-refractivity contribution in [3.63, 3.8) is 0 Å². The molecule has 2 aliphatic rings. The fourth-order valence-electron chi connectivity index (χ4n) is 3.30. The van der Waals surface area contributed by atoms with Crippen LogP contribution in [0.2, 0.25) is 0 Å². The number of hydrogen-bond donors (Lipinski definition) is 1. The molecular weight excluding hydrogens is 248 g/mol. The van der Waals surface area contributed by atoms with Crippen molar-refractivity contribution in [3.05, 3.63) is 42.5 Å². The summed E-state index contributed by atoms with van der Waals surface area (Å²) in [7, 11) is 0. The minimum Gasteiger partial charge on any atom is -0.354 e. The summed E-state index contributed by atoms with van der Waals surface area (Å²) in [4.78, 5) is 2.37. The third-order valence-electron chi connectivity index (χ3n) is 4.43. The number of hydrogen-bond acceptors (Lipinski definition) is 4. The van der Waals surface area contributed by atoms with E-state index in [2.05, 4.69) is 44.7 Å². The van der Waals surface area contributed by atoms with Crippen molar-refractivity contribution in [2.45, 2.75) is 0 Å². The van der Waals surface area contributed by atoms with Crippen LogP contribution in [0.5, 0.6) is 0 Å². The van der Waals surface area contributed by atoms with Crippen molar-refractivity contribution in [1.82, 2.24) is 15.5 Å². The number of aromatic nitrogens is 2. The summed E-state index contributed by atoms with van der Waals surface area (Å²) in [6, 6.07) is 14.4. The number of nitrogens with zero attached hydrogens (tertiary/aromatic N) is 3. The van der Waals surface area contributed by atoms with Gasteiger partial charge in [0, 0.05) is 31.7 Å². The van der Waals surface area contributed by atoms with Crippen LogP contribution in [0, 0.1) is 11.8 Å². The Kier molecular flexibility index (Phi) is 2.89. The SMILES string of the molecule is c1ccc(-c2ccc(N3C[C@H]4CNC[C@H]4C3)nn2)cc1. The van der Waals surface area contributed by atoms with E-state index in [0.29, 0.717) is 0 Å². The van der Waals surface area contributed by atoms with Gasteiger partial charge in [0.05, 0.1) is 5.69 Å². The first-order valence-corrected chi connectivity index (χ1v) is 7.25. The minimum absolute atomic E-state index is 0.783. The Morgan fingerprint density at radius 3 is 2.30 bits per heavy atom. The standard InChI is InChI=1S/C16H18N4/c1-2-4-12(5-3-1)15-6-7-16(19-18-15)20-10-13-8-17-9-14(13)11-20/h1-7,13-14,17H,8-11H2/t13-,14+. The molecule has 20 heavy (non-hydrogen) atoms. The zero-order valence-electron chi connectivity index (χ0n) is 11.4. The highest BCUT2D eigenvalue weighted by Gasteiger charge is 2.36. The summed E-state index contributed by atoms with van der Waals surface area (Å²) in [5, 5.41) is 12.3. The Labute approximate surface area is 118 Å². The lowest BCUT2D eigenvalue weighted by Crippen LogP contribution is -2.26. The summed E-state index contributed by atoms with van der Waals surface area (Å²) in [6.07, 6.45) is 0. The summed E-state index contributed by atoms with van der Waals surface area (Å²) < 4.78 is 0. The van der Waals surface area contributed by atoms with Crippen LogP contribution in [-0.2, 0) is 0 Å². The number of rotatable bonds is 2. The van der Waals surface area contributed by atoms with E-state index >= 15 is 0 Å². The molecular formula is C16H18N4. The molecule has 2 saturated heterocycles. The maximum absolute atomic E-state index is 4.42. The van der Waals surface area contributed by atoms with E-state index in [1.165, 1.54) is 0 Å². The molecule has 0 unspecified atom stereocenters. The molecule has 3 heterocycles.